The van der Waals surface area contributed by atoms with Crippen molar-refractivity contribution in [2.45, 2.75) is 45.1 Å². The molecule has 1 heterocycles. The van der Waals surface area contributed by atoms with Crippen LogP contribution in [0.2, 0.25) is 0 Å². The van der Waals surface area contributed by atoms with E-state index in [-0.39, 0.29) is 18.4 Å². The molecule has 1 saturated carbocycles. The molecule has 3 N–H and O–H groups in total. The van der Waals surface area contributed by atoms with Crippen molar-refractivity contribution in [3.8, 4) is 0 Å². The second-order valence-corrected chi connectivity index (χ2v) is 8.27. The molecule has 0 radical (unpaired) electrons. The zero-order chi connectivity index (χ0) is 19.7. The number of halogens is 1. The minimum absolute atomic E-state index is 0.182. The third-order valence-electron chi connectivity index (χ3n) is 6.20. The Morgan fingerprint density at radius 3 is 2.56 bits per heavy atom. The summed E-state index contributed by atoms with van der Waals surface area (Å²) in [6.07, 6.45) is 2.78. The van der Waals surface area contributed by atoms with Gasteiger partial charge in [0, 0.05) is 25.0 Å². The summed E-state index contributed by atoms with van der Waals surface area (Å²) in [7, 11) is 0. The second kappa shape index (κ2) is 7.46. The molecule has 1 aliphatic heterocycles. The molecule has 3 unspecified atom stereocenters. The highest BCUT2D eigenvalue weighted by molar-refractivity contribution is 5.79. The maximum Gasteiger partial charge on any atom is 0.317 e. The van der Waals surface area contributed by atoms with E-state index in [9.17, 15) is 24.2 Å². The van der Waals surface area contributed by atoms with Crippen LogP contribution in [0.5, 0.6) is 0 Å². The third-order valence-corrected chi connectivity index (χ3v) is 6.20. The van der Waals surface area contributed by atoms with Crippen LogP contribution in [-0.2, 0) is 11.2 Å². The smallest absolute Gasteiger partial charge is 0.317 e. The van der Waals surface area contributed by atoms with E-state index in [1.807, 2.05) is 0 Å². The first-order valence-corrected chi connectivity index (χ1v) is 9.43. The molecule has 0 bridgehead atoms. The third kappa shape index (κ3) is 4.08. The Bertz CT molecular complexity index is 710. The van der Waals surface area contributed by atoms with E-state index < -0.39 is 22.9 Å². The van der Waals surface area contributed by atoms with Gasteiger partial charge in [-0.15, -0.1) is 0 Å². The number of carbonyl (C=O) groups excluding carboxylic acids is 1. The van der Waals surface area contributed by atoms with Gasteiger partial charge in [-0.2, -0.15) is 0 Å². The number of benzene rings is 1. The second-order valence-electron chi connectivity index (χ2n) is 8.27. The van der Waals surface area contributed by atoms with Crippen LogP contribution in [0.3, 0.4) is 0 Å². The molecule has 3 rings (SSSR count). The summed E-state index contributed by atoms with van der Waals surface area (Å²) in [6, 6.07) is 5.93. The summed E-state index contributed by atoms with van der Waals surface area (Å²) in [4.78, 5) is 25.4. The van der Waals surface area contributed by atoms with E-state index in [1.54, 1.807) is 19.1 Å². The molecule has 1 saturated heterocycles. The van der Waals surface area contributed by atoms with Crippen molar-refractivity contribution < 1.29 is 24.2 Å². The number of aliphatic hydroxyl groups excluding tert-OH is 1. The molecule has 2 aliphatic rings. The minimum atomic E-state index is -0.907. The largest absolute Gasteiger partial charge is 0.481 e. The summed E-state index contributed by atoms with van der Waals surface area (Å²) in [5.41, 5.74) is -0.467. The predicted octanol–water partition coefficient (Wildman–Crippen LogP) is 2.41. The standard InChI is InChI=1S/C20H27FN2O4/c1-19(17(25)26)9-10-23(13-19)18(27)22-12-20(8-2-3-16(20)24)11-14-4-6-15(21)7-5-14/h4-7,16,24H,2-3,8-13H2,1H3,(H,22,27)(H,25,26). The predicted molar refractivity (Wildman–Crippen MR) is 97.7 cm³/mol. The maximum absolute atomic E-state index is 13.2. The Labute approximate surface area is 158 Å². The number of nitrogens with one attached hydrogen (secondary N) is 1. The monoisotopic (exact) mass is 378 g/mol. The molecular formula is C20H27FN2O4. The Kier molecular flexibility index (Phi) is 5.42. The van der Waals surface area contributed by atoms with E-state index in [4.69, 9.17) is 0 Å². The van der Waals surface area contributed by atoms with E-state index in [2.05, 4.69) is 5.32 Å². The van der Waals surface area contributed by atoms with E-state index in [0.717, 1.165) is 18.4 Å². The first-order chi connectivity index (χ1) is 12.7. The number of amides is 2. The number of aliphatic carboxylic acids is 1. The van der Waals surface area contributed by atoms with E-state index >= 15 is 0 Å². The van der Waals surface area contributed by atoms with Gasteiger partial charge in [-0.3, -0.25) is 4.79 Å². The quantitative estimate of drug-likeness (QED) is 0.734. The summed E-state index contributed by atoms with van der Waals surface area (Å²) >= 11 is 0. The van der Waals surface area contributed by atoms with Gasteiger partial charge in [-0.05, 0) is 50.3 Å². The maximum atomic E-state index is 13.2. The molecular weight excluding hydrogens is 351 g/mol. The number of rotatable bonds is 5. The van der Waals surface area contributed by atoms with Gasteiger partial charge in [0.1, 0.15) is 5.82 Å². The Hall–Kier alpha value is -2.15. The normalized spacial score (nSPS) is 30.5. The van der Waals surface area contributed by atoms with Crippen LogP contribution in [-0.4, -0.2) is 52.9 Å². The van der Waals surface area contributed by atoms with Crippen molar-refractivity contribution in [1.29, 1.82) is 0 Å². The number of carboxylic acids is 1. The lowest BCUT2D eigenvalue weighted by Gasteiger charge is -2.34. The van der Waals surface area contributed by atoms with Crippen LogP contribution in [0.25, 0.3) is 0 Å². The molecule has 1 aromatic carbocycles. The number of carbonyl (C=O) groups is 2. The molecule has 7 heteroatoms. The summed E-state index contributed by atoms with van der Waals surface area (Å²) in [6.45, 7) is 2.55. The molecule has 0 spiro atoms. The highest BCUT2D eigenvalue weighted by Gasteiger charge is 2.44. The number of aliphatic hydroxyl groups is 1. The zero-order valence-electron chi connectivity index (χ0n) is 15.6. The van der Waals surface area contributed by atoms with Crippen molar-refractivity contribution in [2.75, 3.05) is 19.6 Å². The van der Waals surface area contributed by atoms with Crippen molar-refractivity contribution in [2.24, 2.45) is 10.8 Å². The van der Waals surface area contributed by atoms with E-state index in [1.165, 1.54) is 17.0 Å². The Balaban J connectivity index is 1.65. The molecule has 1 aromatic rings. The van der Waals surface area contributed by atoms with Gasteiger partial charge in [0.2, 0.25) is 0 Å². The SMILES string of the molecule is CC1(C(=O)O)CCN(C(=O)NCC2(Cc3ccc(F)cc3)CCCC2O)C1. The van der Waals surface area contributed by atoms with Gasteiger partial charge in [-0.1, -0.05) is 18.6 Å². The molecule has 6 nitrogen and oxygen atoms in total. The molecule has 2 amide bonds. The van der Waals surface area contributed by atoms with Crippen LogP contribution in [0, 0.1) is 16.6 Å². The van der Waals surface area contributed by atoms with Crippen LogP contribution >= 0.6 is 0 Å². The van der Waals surface area contributed by atoms with Crippen LogP contribution in [0.15, 0.2) is 24.3 Å². The van der Waals surface area contributed by atoms with Gasteiger partial charge in [0.25, 0.3) is 0 Å². The molecule has 148 valence electrons. The fourth-order valence-electron chi connectivity index (χ4n) is 4.28. The lowest BCUT2D eigenvalue weighted by atomic mass is 9.78. The van der Waals surface area contributed by atoms with Gasteiger partial charge in [0.05, 0.1) is 11.5 Å². The van der Waals surface area contributed by atoms with Gasteiger partial charge < -0.3 is 20.4 Å². The highest BCUT2D eigenvalue weighted by Crippen LogP contribution is 2.41. The number of nitrogens with zero attached hydrogens (tertiary/aromatic N) is 1. The van der Waals surface area contributed by atoms with Gasteiger partial charge >= 0.3 is 12.0 Å². The van der Waals surface area contributed by atoms with Crippen molar-refractivity contribution >= 4 is 12.0 Å². The van der Waals surface area contributed by atoms with Gasteiger partial charge in [0.15, 0.2) is 0 Å². The summed E-state index contributed by atoms with van der Waals surface area (Å²) in [5.74, 6) is -1.19. The van der Waals surface area contributed by atoms with Crippen LogP contribution in [0.4, 0.5) is 9.18 Å². The molecule has 0 aromatic heterocycles. The average Bonchev–Trinajstić information content (AvgIpc) is 3.20. The van der Waals surface area contributed by atoms with Crippen molar-refractivity contribution in [3.63, 3.8) is 0 Å². The first-order valence-electron chi connectivity index (χ1n) is 9.43. The highest BCUT2D eigenvalue weighted by atomic mass is 19.1. The topological polar surface area (TPSA) is 89.9 Å². The first kappa shape index (κ1) is 19.6. The number of hydrogen-bond acceptors (Lipinski definition) is 3. The Morgan fingerprint density at radius 2 is 2.00 bits per heavy atom. The fourth-order valence-corrected chi connectivity index (χ4v) is 4.28. The average molecular weight is 378 g/mol. The van der Waals surface area contributed by atoms with E-state index in [0.29, 0.717) is 32.4 Å². The summed E-state index contributed by atoms with van der Waals surface area (Å²) in [5, 5.41) is 22.8. The fraction of sp³-hybridized carbons (Fsp3) is 0.600. The van der Waals surface area contributed by atoms with Crippen molar-refractivity contribution in [1.82, 2.24) is 10.2 Å². The minimum Gasteiger partial charge on any atom is -0.481 e. The zero-order valence-corrected chi connectivity index (χ0v) is 15.6. The van der Waals surface area contributed by atoms with Crippen LogP contribution < -0.4 is 5.32 Å². The van der Waals surface area contributed by atoms with Crippen LogP contribution in [0.1, 0.15) is 38.2 Å². The number of hydrogen-bond donors (Lipinski definition) is 3. The summed E-state index contributed by atoms with van der Waals surface area (Å²) < 4.78 is 13.2. The molecule has 1 aliphatic carbocycles. The number of likely N-dealkylation sites (tertiary alicyclic amines) is 1. The number of carboxylic acid groups (broad SMARTS) is 1. The lowest BCUT2D eigenvalue weighted by Crippen LogP contribution is -2.48. The number of urea groups is 1. The van der Waals surface area contributed by atoms with Crippen molar-refractivity contribution in [3.05, 3.63) is 35.6 Å². The lowest BCUT2D eigenvalue weighted by molar-refractivity contribution is -0.147. The molecule has 3 atom stereocenters. The van der Waals surface area contributed by atoms with Gasteiger partial charge in [-0.25, -0.2) is 9.18 Å². The molecule has 27 heavy (non-hydrogen) atoms. The Morgan fingerprint density at radius 1 is 1.30 bits per heavy atom. The molecule has 2 fully saturated rings.